The summed E-state index contributed by atoms with van der Waals surface area (Å²) in [5, 5.41) is 18.1. The minimum atomic E-state index is -0.202. The highest BCUT2D eigenvalue weighted by molar-refractivity contribution is 7.16. The fraction of sp³-hybridized carbons (Fsp3) is 0.200. The molecule has 0 saturated carbocycles. The van der Waals surface area contributed by atoms with Gasteiger partial charge in [-0.2, -0.15) is 5.26 Å². The summed E-state index contributed by atoms with van der Waals surface area (Å²) in [5.41, 5.74) is 1.70. The SMILES string of the molecule is N#Cc1c(NC(=O)/C=C/c2cccs2)sc2c1CCNC2. The first-order valence-electron chi connectivity index (χ1n) is 6.56. The fourth-order valence-electron chi connectivity index (χ4n) is 2.24. The number of amides is 1. The summed E-state index contributed by atoms with van der Waals surface area (Å²) in [5.74, 6) is -0.202. The van der Waals surface area contributed by atoms with Crippen LogP contribution in [0, 0.1) is 11.3 Å². The molecule has 3 rings (SSSR count). The Bertz CT molecular complexity index is 723. The number of nitriles is 1. The number of nitrogens with zero attached hydrogens (tertiary/aromatic N) is 1. The molecule has 0 unspecified atom stereocenters. The second kappa shape index (κ2) is 6.22. The molecule has 1 aliphatic rings. The van der Waals surface area contributed by atoms with E-state index in [1.807, 2.05) is 17.5 Å². The Morgan fingerprint density at radius 2 is 2.43 bits per heavy atom. The standard InChI is InChI=1S/C15H13N3OS2/c16-8-12-11-5-6-17-9-13(11)21-15(12)18-14(19)4-3-10-2-1-7-20-10/h1-4,7,17H,5-6,9H2,(H,18,19)/b4-3+. The van der Waals surface area contributed by atoms with E-state index in [1.165, 1.54) is 17.4 Å². The molecule has 2 aromatic heterocycles. The van der Waals surface area contributed by atoms with Crippen LogP contribution in [0.3, 0.4) is 0 Å². The van der Waals surface area contributed by atoms with E-state index in [2.05, 4.69) is 16.7 Å². The highest BCUT2D eigenvalue weighted by Gasteiger charge is 2.21. The highest BCUT2D eigenvalue weighted by atomic mass is 32.1. The molecule has 0 bridgehead atoms. The van der Waals surface area contributed by atoms with Gasteiger partial charge in [-0.15, -0.1) is 22.7 Å². The van der Waals surface area contributed by atoms with E-state index >= 15 is 0 Å². The number of hydrogen-bond acceptors (Lipinski definition) is 5. The van der Waals surface area contributed by atoms with Crippen LogP contribution in [0.4, 0.5) is 5.00 Å². The number of rotatable bonds is 3. The molecule has 0 saturated heterocycles. The van der Waals surface area contributed by atoms with Crippen LogP contribution in [0.15, 0.2) is 23.6 Å². The molecule has 2 N–H and O–H groups in total. The first-order valence-corrected chi connectivity index (χ1v) is 8.25. The Morgan fingerprint density at radius 3 is 3.19 bits per heavy atom. The molecule has 6 heteroatoms. The molecule has 0 spiro atoms. The van der Waals surface area contributed by atoms with Crippen LogP contribution >= 0.6 is 22.7 Å². The Hall–Kier alpha value is -1.94. The zero-order valence-corrected chi connectivity index (χ0v) is 12.8. The maximum absolute atomic E-state index is 12.0. The first-order chi connectivity index (χ1) is 10.3. The van der Waals surface area contributed by atoms with Crippen molar-refractivity contribution in [3.8, 4) is 6.07 Å². The Morgan fingerprint density at radius 1 is 1.52 bits per heavy atom. The molecule has 4 nitrogen and oxygen atoms in total. The van der Waals surface area contributed by atoms with Crippen LogP contribution in [-0.2, 0) is 17.8 Å². The van der Waals surface area contributed by atoms with Crippen molar-refractivity contribution in [2.45, 2.75) is 13.0 Å². The average Bonchev–Trinajstić information content (AvgIpc) is 3.12. The van der Waals surface area contributed by atoms with E-state index in [-0.39, 0.29) is 5.91 Å². The number of carbonyl (C=O) groups is 1. The van der Waals surface area contributed by atoms with Crippen LogP contribution in [-0.4, -0.2) is 12.5 Å². The smallest absolute Gasteiger partial charge is 0.249 e. The maximum atomic E-state index is 12.0. The second-order valence-corrected chi connectivity index (χ2v) is 6.67. The summed E-state index contributed by atoms with van der Waals surface area (Å²) in [4.78, 5) is 14.2. The molecule has 1 aliphatic heterocycles. The molecule has 3 heterocycles. The molecule has 0 radical (unpaired) electrons. The minimum Gasteiger partial charge on any atom is -0.313 e. The zero-order chi connectivity index (χ0) is 14.7. The Kier molecular flexibility index (Phi) is 4.15. The van der Waals surface area contributed by atoms with E-state index in [0.717, 1.165) is 34.8 Å². The van der Waals surface area contributed by atoms with Crippen LogP contribution in [0.25, 0.3) is 6.08 Å². The minimum absolute atomic E-state index is 0.202. The van der Waals surface area contributed by atoms with Gasteiger partial charge in [0.15, 0.2) is 0 Å². The molecule has 0 atom stereocenters. The monoisotopic (exact) mass is 315 g/mol. The summed E-state index contributed by atoms with van der Waals surface area (Å²) >= 11 is 3.07. The first kappa shape index (κ1) is 14.0. The number of fused-ring (bicyclic) bond motifs is 1. The van der Waals surface area contributed by atoms with E-state index in [1.54, 1.807) is 17.4 Å². The topological polar surface area (TPSA) is 64.9 Å². The van der Waals surface area contributed by atoms with Gasteiger partial charge < -0.3 is 10.6 Å². The van der Waals surface area contributed by atoms with E-state index < -0.39 is 0 Å². The lowest BCUT2D eigenvalue weighted by Crippen LogP contribution is -2.22. The lowest BCUT2D eigenvalue weighted by Gasteiger charge is -2.11. The fourth-order valence-corrected chi connectivity index (χ4v) is 4.03. The van der Waals surface area contributed by atoms with Crippen molar-refractivity contribution < 1.29 is 4.79 Å². The van der Waals surface area contributed by atoms with Gasteiger partial charge in [0.2, 0.25) is 5.91 Å². The van der Waals surface area contributed by atoms with Crippen molar-refractivity contribution in [2.75, 3.05) is 11.9 Å². The molecule has 1 amide bonds. The molecule has 0 aliphatic carbocycles. The maximum Gasteiger partial charge on any atom is 0.249 e. The van der Waals surface area contributed by atoms with Crippen molar-refractivity contribution in [2.24, 2.45) is 0 Å². The van der Waals surface area contributed by atoms with E-state index in [9.17, 15) is 10.1 Å². The van der Waals surface area contributed by atoms with Crippen molar-refractivity contribution in [1.29, 1.82) is 5.26 Å². The van der Waals surface area contributed by atoms with Crippen molar-refractivity contribution in [1.82, 2.24) is 5.32 Å². The third kappa shape index (κ3) is 3.05. The highest BCUT2D eigenvalue weighted by Crippen LogP contribution is 2.34. The van der Waals surface area contributed by atoms with E-state index in [4.69, 9.17) is 0 Å². The van der Waals surface area contributed by atoms with Crippen LogP contribution < -0.4 is 10.6 Å². The normalized spacial score (nSPS) is 13.9. The summed E-state index contributed by atoms with van der Waals surface area (Å²) in [6.07, 6.45) is 4.13. The summed E-state index contributed by atoms with van der Waals surface area (Å²) in [7, 11) is 0. The predicted octanol–water partition coefficient (Wildman–Crippen LogP) is 2.98. The van der Waals surface area contributed by atoms with Gasteiger partial charge in [0.1, 0.15) is 11.1 Å². The zero-order valence-electron chi connectivity index (χ0n) is 11.2. The van der Waals surface area contributed by atoms with Crippen LogP contribution in [0.1, 0.15) is 20.9 Å². The van der Waals surface area contributed by atoms with Gasteiger partial charge in [0, 0.05) is 22.4 Å². The van der Waals surface area contributed by atoms with Gasteiger partial charge in [0.25, 0.3) is 0 Å². The molecular formula is C15H13N3OS2. The number of carbonyl (C=O) groups excluding carboxylic acids is 1. The van der Waals surface area contributed by atoms with Gasteiger partial charge in [-0.05, 0) is 36.1 Å². The van der Waals surface area contributed by atoms with Gasteiger partial charge >= 0.3 is 0 Å². The summed E-state index contributed by atoms with van der Waals surface area (Å²) in [6.45, 7) is 1.65. The third-order valence-electron chi connectivity index (χ3n) is 3.22. The average molecular weight is 315 g/mol. The van der Waals surface area contributed by atoms with Crippen LogP contribution in [0.5, 0.6) is 0 Å². The second-order valence-electron chi connectivity index (χ2n) is 4.58. The molecule has 106 valence electrons. The molecular weight excluding hydrogens is 302 g/mol. The Balaban J connectivity index is 1.77. The molecule has 2 aromatic rings. The largest absolute Gasteiger partial charge is 0.313 e. The number of thiophene rings is 2. The van der Waals surface area contributed by atoms with Gasteiger partial charge in [-0.1, -0.05) is 6.07 Å². The lowest BCUT2D eigenvalue weighted by molar-refractivity contribution is -0.111. The number of nitrogens with one attached hydrogen (secondary N) is 2. The third-order valence-corrected chi connectivity index (χ3v) is 5.20. The van der Waals surface area contributed by atoms with Crippen molar-refractivity contribution >= 4 is 39.7 Å². The van der Waals surface area contributed by atoms with Crippen LogP contribution in [0.2, 0.25) is 0 Å². The van der Waals surface area contributed by atoms with Gasteiger partial charge in [-0.25, -0.2) is 0 Å². The number of hydrogen-bond donors (Lipinski definition) is 2. The van der Waals surface area contributed by atoms with E-state index in [0.29, 0.717) is 10.6 Å². The lowest BCUT2D eigenvalue weighted by atomic mass is 10.1. The number of anilines is 1. The Labute approximate surface area is 130 Å². The van der Waals surface area contributed by atoms with Crippen molar-refractivity contribution in [3.05, 3.63) is 44.5 Å². The summed E-state index contributed by atoms with van der Waals surface area (Å²) in [6, 6.07) is 6.11. The van der Waals surface area contributed by atoms with Gasteiger partial charge in [-0.3, -0.25) is 4.79 Å². The predicted molar refractivity (Wildman–Crippen MR) is 86.4 cm³/mol. The quantitative estimate of drug-likeness (QED) is 0.856. The molecule has 21 heavy (non-hydrogen) atoms. The summed E-state index contributed by atoms with van der Waals surface area (Å²) < 4.78 is 0. The molecule has 0 aromatic carbocycles. The van der Waals surface area contributed by atoms with Gasteiger partial charge in [0.05, 0.1) is 5.56 Å². The van der Waals surface area contributed by atoms with Crippen molar-refractivity contribution in [3.63, 3.8) is 0 Å². The molecule has 0 fully saturated rings.